The number of hydrogen-bond donors (Lipinski definition) is 3. The lowest BCUT2D eigenvalue weighted by molar-refractivity contribution is 0.102. The van der Waals surface area contributed by atoms with E-state index >= 15 is 0 Å². The Morgan fingerprint density at radius 2 is 1.54 bits per heavy atom. The molecule has 3 N–H and O–H groups in total. The normalized spacial score (nSPS) is 10.6. The Morgan fingerprint density at radius 1 is 0.811 bits per heavy atom. The van der Waals surface area contributed by atoms with Gasteiger partial charge in [0.2, 0.25) is 0 Å². The average molecular weight is 491 g/mol. The van der Waals surface area contributed by atoms with E-state index in [1.165, 1.54) is 0 Å². The molecule has 0 saturated carbocycles. The van der Waals surface area contributed by atoms with Crippen LogP contribution in [0.1, 0.15) is 23.1 Å². The molecule has 3 aromatic carbocycles. The van der Waals surface area contributed by atoms with Gasteiger partial charge in [0.1, 0.15) is 29.0 Å². The van der Waals surface area contributed by atoms with Crippen molar-refractivity contribution in [2.75, 3.05) is 22.6 Å². The third-order valence-electron chi connectivity index (χ3n) is 5.59. The number of fused-ring (bicyclic) bond motifs is 1. The molecule has 0 bridgehead atoms. The Kier molecular flexibility index (Phi) is 6.89. The second-order valence-corrected chi connectivity index (χ2v) is 8.27. The van der Waals surface area contributed by atoms with Gasteiger partial charge in [-0.3, -0.25) is 4.79 Å². The van der Waals surface area contributed by atoms with Crippen molar-refractivity contribution in [3.05, 3.63) is 103 Å². The highest BCUT2D eigenvalue weighted by atomic mass is 16.5. The van der Waals surface area contributed by atoms with Crippen molar-refractivity contribution < 1.29 is 9.53 Å². The third kappa shape index (κ3) is 5.65. The van der Waals surface area contributed by atoms with Crippen LogP contribution in [0, 0.1) is 6.92 Å². The van der Waals surface area contributed by atoms with Crippen LogP contribution in [-0.2, 0) is 0 Å². The van der Waals surface area contributed by atoms with Gasteiger partial charge in [0.25, 0.3) is 5.91 Å². The molecule has 0 saturated heterocycles. The zero-order valence-electron chi connectivity index (χ0n) is 20.5. The summed E-state index contributed by atoms with van der Waals surface area (Å²) < 4.78 is 5.75. The van der Waals surface area contributed by atoms with Gasteiger partial charge in [-0.25, -0.2) is 15.0 Å². The first-order valence-electron chi connectivity index (χ1n) is 12.0. The number of aromatic nitrogens is 3. The van der Waals surface area contributed by atoms with Crippen LogP contribution < -0.4 is 20.7 Å². The molecule has 0 unspecified atom stereocenters. The molecule has 2 heterocycles. The summed E-state index contributed by atoms with van der Waals surface area (Å²) in [5.41, 5.74) is 2.01. The zero-order valence-corrected chi connectivity index (χ0v) is 20.5. The number of pyridine rings is 1. The highest BCUT2D eigenvalue weighted by Crippen LogP contribution is 2.29. The number of aryl methyl sites for hydroxylation is 1. The number of nitrogens with one attached hydrogen (secondary N) is 3. The van der Waals surface area contributed by atoms with Crippen LogP contribution >= 0.6 is 0 Å². The van der Waals surface area contributed by atoms with Gasteiger partial charge in [0, 0.05) is 23.6 Å². The molecule has 0 radical (unpaired) electrons. The predicted molar refractivity (Wildman–Crippen MR) is 147 cm³/mol. The molecule has 0 aliphatic rings. The zero-order chi connectivity index (χ0) is 25.6. The Balaban J connectivity index is 1.32. The SMILES string of the molecule is CCOc1ccc2ccccc2c1C(=O)Nc1ccc(Nc2cc(Nc3ccccn3)nc(C)n2)cc1. The molecule has 8 nitrogen and oxygen atoms in total. The second kappa shape index (κ2) is 10.7. The summed E-state index contributed by atoms with van der Waals surface area (Å²) in [6.07, 6.45) is 1.72. The van der Waals surface area contributed by atoms with E-state index in [0.29, 0.717) is 46.9 Å². The van der Waals surface area contributed by atoms with Gasteiger partial charge in [-0.1, -0.05) is 36.4 Å². The van der Waals surface area contributed by atoms with Crippen LogP contribution in [-0.4, -0.2) is 27.5 Å². The molecule has 8 heteroatoms. The van der Waals surface area contributed by atoms with Crippen molar-refractivity contribution in [1.29, 1.82) is 0 Å². The maximum atomic E-state index is 13.3. The summed E-state index contributed by atoms with van der Waals surface area (Å²) in [5, 5.41) is 11.3. The minimum atomic E-state index is -0.224. The van der Waals surface area contributed by atoms with Crippen LogP contribution in [0.3, 0.4) is 0 Å². The second-order valence-electron chi connectivity index (χ2n) is 8.27. The maximum Gasteiger partial charge on any atom is 0.260 e. The Labute approximate surface area is 214 Å². The molecule has 0 aliphatic carbocycles. The summed E-state index contributed by atoms with van der Waals surface area (Å²) in [7, 11) is 0. The van der Waals surface area contributed by atoms with Crippen molar-refractivity contribution in [2.24, 2.45) is 0 Å². The fourth-order valence-electron chi connectivity index (χ4n) is 4.00. The number of ether oxygens (including phenoxy) is 1. The molecule has 0 spiro atoms. The van der Waals surface area contributed by atoms with Crippen LogP contribution in [0.2, 0.25) is 0 Å². The van der Waals surface area contributed by atoms with E-state index in [4.69, 9.17) is 4.74 Å². The number of nitrogens with zero attached hydrogens (tertiary/aromatic N) is 3. The van der Waals surface area contributed by atoms with Gasteiger partial charge in [0.05, 0.1) is 12.2 Å². The minimum absolute atomic E-state index is 0.224. The average Bonchev–Trinajstić information content (AvgIpc) is 2.90. The van der Waals surface area contributed by atoms with E-state index in [9.17, 15) is 4.79 Å². The van der Waals surface area contributed by atoms with Crippen LogP contribution in [0.25, 0.3) is 10.8 Å². The van der Waals surface area contributed by atoms with E-state index in [2.05, 4.69) is 30.9 Å². The van der Waals surface area contributed by atoms with Crippen molar-refractivity contribution >= 4 is 45.5 Å². The molecule has 0 atom stereocenters. The van der Waals surface area contributed by atoms with E-state index in [1.54, 1.807) is 6.20 Å². The summed E-state index contributed by atoms with van der Waals surface area (Å²) in [4.78, 5) is 26.5. The lowest BCUT2D eigenvalue weighted by Gasteiger charge is -2.14. The summed E-state index contributed by atoms with van der Waals surface area (Å²) in [5.74, 6) is 2.93. The van der Waals surface area contributed by atoms with Gasteiger partial charge in [-0.15, -0.1) is 0 Å². The number of anilines is 5. The molecule has 37 heavy (non-hydrogen) atoms. The van der Waals surface area contributed by atoms with E-state index in [-0.39, 0.29) is 5.91 Å². The predicted octanol–water partition coefficient (Wildman–Crippen LogP) is 6.47. The van der Waals surface area contributed by atoms with Crippen molar-refractivity contribution in [3.8, 4) is 5.75 Å². The standard InChI is InChI=1S/C29H26N6O2/c1-3-37-24-16-11-20-8-4-5-9-23(20)28(24)29(36)34-22-14-12-21(13-15-22)33-26-18-27(32-19(2)31-26)35-25-10-6-7-17-30-25/h4-18H,3H2,1-2H3,(H,34,36)(H2,30,31,32,33,35). The monoisotopic (exact) mass is 490 g/mol. The summed E-state index contributed by atoms with van der Waals surface area (Å²) in [6, 6.07) is 26.5. The molecule has 0 fully saturated rings. The fraction of sp³-hybridized carbons (Fsp3) is 0.103. The third-order valence-corrected chi connectivity index (χ3v) is 5.59. The first kappa shape index (κ1) is 23.7. The Hall–Kier alpha value is -4.98. The number of carbonyl (C=O) groups is 1. The Bertz CT molecular complexity index is 1540. The molecule has 0 aliphatic heterocycles. The number of hydrogen-bond acceptors (Lipinski definition) is 7. The lowest BCUT2D eigenvalue weighted by atomic mass is 10.0. The number of carbonyl (C=O) groups excluding carboxylic acids is 1. The lowest BCUT2D eigenvalue weighted by Crippen LogP contribution is -2.14. The fourth-order valence-corrected chi connectivity index (χ4v) is 4.00. The highest BCUT2D eigenvalue weighted by molar-refractivity contribution is 6.15. The molecular formula is C29H26N6O2. The van der Waals surface area contributed by atoms with Crippen LogP contribution in [0.4, 0.5) is 28.8 Å². The maximum absolute atomic E-state index is 13.3. The van der Waals surface area contributed by atoms with Gasteiger partial charge >= 0.3 is 0 Å². The van der Waals surface area contributed by atoms with E-state index in [0.717, 1.165) is 16.5 Å². The van der Waals surface area contributed by atoms with Crippen molar-refractivity contribution in [3.63, 3.8) is 0 Å². The summed E-state index contributed by atoms with van der Waals surface area (Å²) >= 11 is 0. The molecule has 5 aromatic rings. The largest absolute Gasteiger partial charge is 0.493 e. The first-order valence-corrected chi connectivity index (χ1v) is 12.0. The number of amides is 1. The molecule has 1 amide bonds. The van der Waals surface area contributed by atoms with Crippen molar-refractivity contribution in [1.82, 2.24) is 15.0 Å². The van der Waals surface area contributed by atoms with Gasteiger partial charge in [-0.05, 0) is 67.1 Å². The molecular weight excluding hydrogens is 464 g/mol. The summed E-state index contributed by atoms with van der Waals surface area (Å²) in [6.45, 7) is 4.21. The Morgan fingerprint density at radius 3 is 2.30 bits per heavy atom. The van der Waals surface area contributed by atoms with E-state index < -0.39 is 0 Å². The van der Waals surface area contributed by atoms with Crippen molar-refractivity contribution in [2.45, 2.75) is 13.8 Å². The van der Waals surface area contributed by atoms with E-state index in [1.807, 2.05) is 98.8 Å². The molecule has 2 aromatic heterocycles. The smallest absolute Gasteiger partial charge is 0.260 e. The van der Waals surface area contributed by atoms with Crippen LogP contribution in [0.15, 0.2) is 91.1 Å². The quantitative estimate of drug-likeness (QED) is 0.229. The van der Waals surface area contributed by atoms with Gasteiger partial charge in [0.15, 0.2) is 0 Å². The topological polar surface area (TPSA) is 101 Å². The first-order chi connectivity index (χ1) is 18.1. The highest BCUT2D eigenvalue weighted by Gasteiger charge is 2.17. The van der Waals surface area contributed by atoms with Gasteiger partial charge < -0.3 is 20.7 Å². The van der Waals surface area contributed by atoms with Gasteiger partial charge in [-0.2, -0.15) is 0 Å². The minimum Gasteiger partial charge on any atom is -0.493 e. The number of benzene rings is 3. The number of rotatable bonds is 8. The van der Waals surface area contributed by atoms with Crippen LogP contribution in [0.5, 0.6) is 5.75 Å². The molecule has 184 valence electrons. The molecule has 5 rings (SSSR count).